The van der Waals surface area contributed by atoms with Crippen molar-refractivity contribution in [3.8, 4) is 0 Å². The Kier molecular flexibility index (Phi) is 3.00. The van der Waals surface area contributed by atoms with Crippen molar-refractivity contribution >= 4 is 21.7 Å². The molecule has 0 bridgehead atoms. The van der Waals surface area contributed by atoms with Crippen LogP contribution < -0.4 is 5.73 Å². The molecular weight excluding hydrogens is 218 g/mol. The molecule has 0 radical (unpaired) electrons. The second-order valence-corrected chi connectivity index (χ2v) is 3.39. The predicted molar refractivity (Wildman–Crippen MR) is 52.3 cm³/mol. The smallest absolute Gasteiger partial charge is 0.176 e. The normalized spacial score (nSPS) is 9.92. The Labute approximate surface area is 79.9 Å². The Morgan fingerprint density at radius 1 is 1.58 bits per heavy atom. The second kappa shape index (κ2) is 3.83. The number of carbonyl (C=O) groups is 1. The molecule has 2 nitrogen and oxygen atoms in total. The van der Waals surface area contributed by atoms with Crippen molar-refractivity contribution in [3.05, 3.63) is 33.8 Å². The molecule has 0 unspecified atom stereocenters. The lowest BCUT2D eigenvalue weighted by atomic mass is 10.1. The van der Waals surface area contributed by atoms with Gasteiger partial charge in [-0.25, -0.2) is 0 Å². The number of Topliss-reactive ketones (excluding diaryl/α,β-unsaturated/α-hetero) is 1. The molecule has 0 aromatic heterocycles. The van der Waals surface area contributed by atoms with Crippen LogP contribution in [0, 0.1) is 6.92 Å². The number of carbonyl (C=O) groups excluding carboxylic acids is 1. The molecule has 1 aromatic rings. The Bertz CT molecular complexity index is 309. The van der Waals surface area contributed by atoms with Gasteiger partial charge in [0.05, 0.1) is 6.54 Å². The van der Waals surface area contributed by atoms with Gasteiger partial charge in [0.1, 0.15) is 0 Å². The molecule has 0 aliphatic heterocycles. The lowest BCUT2D eigenvalue weighted by molar-refractivity contribution is 0.100. The minimum absolute atomic E-state index is 0.0196. The molecule has 1 aromatic carbocycles. The van der Waals surface area contributed by atoms with Crippen LogP contribution >= 0.6 is 15.9 Å². The quantitative estimate of drug-likeness (QED) is 0.785. The topological polar surface area (TPSA) is 43.1 Å². The van der Waals surface area contributed by atoms with Crippen molar-refractivity contribution < 1.29 is 4.79 Å². The summed E-state index contributed by atoms with van der Waals surface area (Å²) < 4.78 is 0.946. The number of benzene rings is 1. The first-order valence-corrected chi connectivity index (χ1v) is 4.44. The summed E-state index contributed by atoms with van der Waals surface area (Å²) in [6.07, 6.45) is 0. The Balaban J connectivity index is 3.16. The number of hydrogen-bond acceptors (Lipinski definition) is 2. The maximum Gasteiger partial charge on any atom is 0.176 e. The number of nitrogens with two attached hydrogens (primary N) is 1. The fourth-order valence-electron chi connectivity index (χ4n) is 1.02. The molecule has 0 atom stereocenters. The molecule has 0 fully saturated rings. The first kappa shape index (κ1) is 9.42. The van der Waals surface area contributed by atoms with E-state index in [1.54, 1.807) is 6.07 Å². The fraction of sp³-hybridized carbons (Fsp3) is 0.222. The molecule has 1 rings (SSSR count). The van der Waals surface area contributed by atoms with Gasteiger partial charge in [0.25, 0.3) is 0 Å². The van der Waals surface area contributed by atoms with Crippen molar-refractivity contribution in [1.29, 1.82) is 0 Å². The van der Waals surface area contributed by atoms with Gasteiger partial charge in [0, 0.05) is 10.0 Å². The maximum absolute atomic E-state index is 11.2. The van der Waals surface area contributed by atoms with E-state index in [4.69, 9.17) is 5.73 Å². The zero-order chi connectivity index (χ0) is 9.14. The standard InChI is InChI=1S/C9H10BrNO/c1-6-7(9(12)5-11)3-2-4-8(6)10/h2-4H,5,11H2,1H3. The maximum atomic E-state index is 11.2. The van der Waals surface area contributed by atoms with Crippen LogP contribution in [0.1, 0.15) is 15.9 Å². The molecule has 3 heteroatoms. The average molecular weight is 228 g/mol. The van der Waals surface area contributed by atoms with Crippen LogP contribution in [0.15, 0.2) is 22.7 Å². The summed E-state index contributed by atoms with van der Waals surface area (Å²) in [4.78, 5) is 11.2. The summed E-state index contributed by atoms with van der Waals surface area (Å²) in [6.45, 7) is 1.96. The van der Waals surface area contributed by atoms with Gasteiger partial charge in [-0.3, -0.25) is 4.79 Å². The number of halogens is 1. The fourth-order valence-corrected chi connectivity index (χ4v) is 1.39. The SMILES string of the molecule is Cc1c(Br)cccc1C(=O)CN. The van der Waals surface area contributed by atoms with E-state index in [0.29, 0.717) is 5.56 Å². The predicted octanol–water partition coefficient (Wildman–Crippen LogP) is 1.90. The van der Waals surface area contributed by atoms with Crippen molar-refractivity contribution in [2.24, 2.45) is 5.73 Å². The van der Waals surface area contributed by atoms with E-state index in [-0.39, 0.29) is 12.3 Å². The van der Waals surface area contributed by atoms with E-state index in [0.717, 1.165) is 10.0 Å². The summed E-state index contributed by atoms with van der Waals surface area (Å²) in [5, 5.41) is 0. The van der Waals surface area contributed by atoms with Gasteiger partial charge in [0.2, 0.25) is 0 Å². The van der Waals surface area contributed by atoms with Crippen LogP contribution in [0.3, 0.4) is 0 Å². The van der Waals surface area contributed by atoms with Gasteiger partial charge in [-0.15, -0.1) is 0 Å². The summed E-state index contributed by atoms with van der Waals surface area (Å²) in [6, 6.07) is 5.53. The van der Waals surface area contributed by atoms with E-state index in [2.05, 4.69) is 15.9 Å². The summed E-state index contributed by atoms with van der Waals surface area (Å²) in [5.41, 5.74) is 6.91. The molecular formula is C9H10BrNO. The minimum atomic E-state index is -0.0196. The molecule has 0 aliphatic rings. The van der Waals surface area contributed by atoms with Gasteiger partial charge in [-0.1, -0.05) is 28.1 Å². The Morgan fingerprint density at radius 3 is 2.83 bits per heavy atom. The highest BCUT2D eigenvalue weighted by Crippen LogP contribution is 2.19. The second-order valence-electron chi connectivity index (χ2n) is 2.54. The van der Waals surface area contributed by atoms with Crippen molar-refractivity contribution in [1.82, 2.24) is 0 Å². The highest BCUT2D eigenvalue weighted by Gasteiger charge is 2.07. The molecule has 12 heavy (non-hydrogen) atoms. The molecule has 64 valence electrons. The molecule has 0 saturated heterocycles. The summed E-state index contributed by atoms with van der Waals surface area (Å²) >= 11 is 3.35. The van der Waals surface area contributed by atoms with Crippen LogP contribution in [0.2, 0.25) is 0 Å². The van der Waals surface area contributed by atoms with E-state index < -0.39 is 0 Å². The van der Waals surface area contributed by atoms with E-state index in [9.17, 15) is 4.79 Å². The number of rotatable bonds is 2. The largest absolute Gasteiger partial charge is 0.324 e. The van der Waals surface area contributed by atoms with Gasteiger partial charge in [-0.05, 0) is 18.6 Å². The molecule has 0 heterocycles. The van der Waals surface area contributed by atoms with Gasteiger partial charge < -0.3 is 5.73 Å². The Hall–Kier alpha value is -0.670. The third-order valence-electron chi connectivity index (χ3n) is 1.75. The van der Waals surface area contributed by atoms with E-state index in [1.165, 1.54) is 0 Å². The number of hydrogen-bond donors (Lipinski definition) is 1. The first-order valence-electron chi connectivity index (χ1n) is 3.65. The highest BCUT2D eigenvalue weighted by molar-refractivity contribution is 9.10. The van der Waals surface area contributed by atoms with Crippen molar-refractivity contribution in [2.75, 3.05) is 6.54 Å². The molecule has 0 amide bonds. The average Bonchev–Trinajstić information content (AvgIpc) is 2.08. The highest BCUT2D eigenvalue weighted by atomic mass is 79.9. The van der Waals surface area contributed by atoms with Gasteiger partial charge in [0.15, 0.2) is 5.78 Å². The lowest BCUT2D eigenvalue weighted by Gasteiger charge is -2.03. The van der Waals surface area contributed by atoms with Crippen LogP contribution in [0.25, 0.3) is 0 Å². The van der Waals surface area contributed by atoms with Crippen molar-refractivity contribution in [2.45, 2.75) is 6.92 Å². The van der Waals surface area contributed by atoms with Crippen molar-refractivity contribution in [3.63, 3.8) is 0 Å². The molecule has 0 aliphatic carbocycles. The van der Waals surface area contributed by atoms with Gasteiger partial charge in [-0.2, -0.15) is 0 Å². The van der Waals surface area contributed by atoms with E-state index in [1.807, 2.05) is 19.1 Å². The van der Waals surface area contributed by atoms with Crippen LogP contribution in [-0.2, 0) is 0 Å². The summed E-state index contributed by atoms with van der Waals surface area (Å²) in [7, 11) is 0. The molecule has 2 N–H and O–H groups in total. The zero-order valence-electron chi connectivity index (χ0n) is 6.80. The van der Waals surface area contributed by atoms with Gasteiger partial charge >= 0.3 is 0 Å². The lowest BCUT2D eigenvalue weighted by Crippen LogP contribution is -2.14. The monoisotopic (exact) mass is 227 g/mol. The zero-order valence-corrected chi connectivity index (χ0v) is 8.39. The van der Waals surface area contributed by atoms with Crippen LogP contribution in [-0.4, -0.2) is 12.3 Å². The van der Waals surface area contributed by atoms with Crippen LogP contribution in [0.5, 0.6) is 0 Å². The van der Waals surface area contributed by atoms with Crippen LogP contribution in [0.4, 0.5) is 0 Å². The third kappa shape index (κ3) is 1.73. The molecule has 0 saturated carbocycles. The number of ketones is 1. The van der Waals surface area contributed by atoms with E-state index >= 15 is 0 Å². The summed E-state index contributed by atoms with van der Waals surface area (Å²) in [5.74, 6) is -0.0196. The first-order chi connectivity index (χ1) is 5.66. The Morgan fingerprint density at radius 2 is 2.25 bits per heavy atom. The minimum Gasteiger partial charge on any atom is -0.324 e. The molecule has 0 spiro atoms. The third-order valence-corrected chi connectivity index (χ3v) is 2.61.